The molecule has 1 aliphatic heterocycles. The monoisotopic (exact) mass is 506 g/mol. The van der Waals surface area contributed by atoms with Gasteiger partial charge in [0.15, 0.2) is 35.4 Å². The number of aliphatic hydroxyl groups is 3. The standard InChI is InChI=1S/C25H30O11/c1-32-18-7-4-15(11-17(18)28)9-10-34-25-23(31)22(30)24(20(13-26)35-25)36-21(29)8-5-14-3-6-16(27)19(12-14)33-2/h3-8,11-12,20,22-28,30-31H,9-10,13H2,1-2H3/b8-5-. The van der Waals surface area contributed by atoms with Gasteiger partial charge in [0.05, 0.1) is 27.4 Å². The molecule has 0 aromatic heterocycles. The molecule has 0 bridgehead atoms. The molecule has 1 fully saturated rings. The summed E-state index contributed by atoms with van der Waals surface area (Å²) in [6, 6.07) is 9.32. The van der Waals surface area contributed by atoms with Crippen molar-refractivity contribution in [2.45, 2.75) is 37.1 Å². The highest BCUT2D eigenvalue weighted by Crippen LogP contribution is 2.28. The third kappa shape index (κ3) is 6.65. The quantitative estimate of drug-likeness (QED) is 0.228. The molecule has 11 nitrogen and oxygen atoms in total. The highest BCUT2D eigenvalue weighted by atomic mass is 16.7. The molecule has 0 radical (unpaired) electrons. The molecule has 196 valence electrons. The largest absolute Gasteiger partial charge is 0.504 e. The number of hydrogen-bond donors (Lipinski definition) is 5. The summed E-state index contributed by atoms with van der Waals surface area (Å²) in [5, 5.41) is 50.2. The number of carbonyl (C=O) groups excluding carboxylic acids is 1. The highest BCUT2D eigenvalue weighted by molar-refractivity contribution is 5.87. The van der Waals surface area contributed by atoms with Gasteiger partial charge in [0, 0.05) is 6.08 Å². The highest BCUT2D eigenvalue weighted by Gasteiger charge is 2.46. The molecule has 5 atom stereocenters. The van der Waals surface area contributed by atoms with Crippen LogP contribution in [0.15, 0.2) is 42.5 Å². The first-order chi connectivity index (χ1) is 17.3. The number of aromatic hydroxyl groups is 2. The van der Waals surface area contributed by atoms with E-state index in [0.717, 1.165) is 11.6 Å². The molecule has 0 amide bonds. The molecule has 1 saturated heterocycles. The SMILES string of the molecule is COc1ccc(CCOC2OC(CO)C(OC(=O)/C=C\c3ccc(O)c(OC)c3)C(O)C2O)cc1O. The number of carbonyl (C=O) groups is 1. The normalized spacial score (nSPS) is 24.0. The van der Waals surface area contributed by atoms with Gasteiger partial charge in [0.2, 0.25) is 0 Å². The van der Waals surface area contributed by atoms with E-state index in [2.05, 4.69) is 0 Å². The molecule has 5 N–H and O–H groups in total. The third-order valence-electron chi connectivity index (χ3n) is 5.60. The van der Waals surface area contributed by atoms with Gasteiger partial charge in [-0.3, -0.25) is 0 Å². The first-order valence-electron chi connectivity index (χ1n) is 11.1. The van der Waals surface area contributed by atoms with Crippen molar-refractivity contribution in [1.29, 1.82) is 0 Å². The van der Waals surface area contributed by atoms with Crippen molar-refractivity contribution in [3.8, 4) is 23.0 Å². The van der Waals surface area contributed by atoms with Gasteiger partial charge in [0.25, 0.3) is 0 Å². The summed E-state index contributed by atoms with van der Waals surface area (Å²) in [5.41, 5.74) is 1.28. The summed E-state index contributed by atoms with van der Waals surface area (Å²) < 4.78 is 26.3. The minimum absolute atomic E-state index is 0.0250. The number of phenols is 2. The number of methoxy groups -OCH3 is 2. The summed E-state index contributed by atoms with van der Waals surface area (Å²) in [6.07, 6.45) is -4.06. The van der Waals surface area contributed by atoms with E-state index in [1.54, 1.807) is 18.2 Å². The first kappa shape index (κ1) is 27.2. The lowest BCUT2D eigenvalue weighted by Crippen LogP contribution is -2.60. The van der Waals surface area contributed by atoms with E-state index in [1.807, 2.05) is 0 Å². The average molecular weight is 507 g/mol. The van der Waals surface area contributed by atoms with E-state index in [0.29, 0.717) is 17.7 Å². The van der Waals surface area contributed by atoms with Crippen LogP contribution in [0.4, 0.5) is 0 Å². The molecule has 2 aromatic carbocycles. The van der Waals surface area contributed by atoms with Crippen molar-refractivity contribution < 1.29 is 54.0 Å². The molecule has 0 aliphatic carbocycles. The second-order valence-corrected chi connectivity index (χ2v) is 8.00. The van der Waals surface area contributed by atoms with Crippen LogP contribution in [0.2, 0.25) is 0 Å². The van der Waals surface area contributed by atoms with E-state index < -0.39 is 43.3 Å². The van der Waals surface area contributed by atoms with E-state index in [4.69, 9.17) is 23.7 Å². The van der Waals surface area contributed by atoms with Gasteiger partial charge in [-0.25, -0.2) is 4.79 Å². The Labute approximate surface area is 207 Å². The van der Waals surface area contributed by atoms with Crippen LogP contribution in [0.25, 0.3) is 6.08 Å². The van der Waals surface area contributed by atoms with Crippen LogP contribution in [0.1, 0.15) is 11.1 Å². The molecule has 0 spiro atoms. The Kier molecular flexibility index (Phi) is 9.51. The average Bonchev–Trinajstić information content (AvgIpc) is 2.87. The lowest BCUT2D eigenvalue weighted by Gasteiger charge is -2.41. The zero-order valence-corrected chi connectivity index (χ0v) is 19.8. The Hall–Kier alpha value is -3.35. The van der Waals surface area contributed by atoms with Crippen molar-refractivity contribution >= 4 is 12.0 Å². The van der Waals surface area contributed by atoms with E-state index in [9.17, 15) is 30.3 Å². The molecule has 1 aliphatic rings. The number of ether oxygens (including phenoxy) is 5. The fourth-order valence-electron chi connectivity index (χ4n) is 3.66. The maximum absolute atomic E-state index is 12.3. The summed E-state index contributed by atoms with van der Waals surface area (Å²) in [4.78, 5) is 12.3. The minimum atomic E-state index is -1.59. The number of aliphatic hydroxyl groups excluding tert-OH is 3. The maximum atomic E-state index is 12.3. The Bertz CT molecular complexity index is 1050. The van der Waals surface area contributed by atoms with Gasteiger partial charge >= 0.3 is 5.97 Å². The van der Waals surface area contributed by atoms with Gasteiger partial charge in [-0.2, -0.15) is 0 Å². The van der Waals surface area contributed by atoms with Gasteiger partial charge in [0.1, 0.15) is 18.3 Å². The zero-order valence-electron chi connectivity index (χ0n) is 19.8. The molecule has 1 heterocycles. The van der Waals surface area contributed by atoms with Crippen LogP contribution in [0.3, 0.4) is 0 Å². The van der Waals surface area contributed by atoms with Crippen molar-refractivity contribution in [1.82, 2.24) is 0 Å². The summed E-state index contributed by atoms with van der Waals surface area (Å²) >= 11 is 0. The van der Waals surface area contributed by atoms with Crippen LogP contribution in [-0.2, 0) is 25.4 Å². The molecule has 11 heteroatoms. The second kappa shape index (κ2) is 12.6. The fraction of sp³-hybridized carbons (Fsp3) is 0.400. The Morgan fingerprint density at radius 1 is 1.00 bits per heavy atom. The lowest BCUT2D eigenvalue weighted by molar-refractivity contribution is -0.302. The zero-order chi connectivity index (χ0) is 26.2. The first-order valence-corrected chi connectivity index (χ1v) is 11.1. The third-order valence-corrected chi connectivity index (χ3v) is 5.60. The van der Waals surface area contributed by atoms with Gasteiger partial charge in [-0.1, -0.05) is 12.1 Å². The number of hydrogen-bond acceptors (Lipinski definition) is 11. The molecule has 5 unspecified atom stereocenters. The predicted molar refractivity (Wildman–Crippen MR) is 126 cm³/mol. The molecule has 0 saturated carbocycles. The summed E-state index contributed by atoms with van der Waals surface area (Å²) in [6.45, 7) is -0.533. The molecule has 2 aromatic rings. The van der Waals surface area contributed by atoms with E-state index in [1.165, 1.54) is 38.5 Å². The van der Waals surface area contributed by atoms with Gasteiger partial charge in [-0.15, -0.1) is 0 Å². The fourth-order valence-corrected chi connectivity index (χ4v) is 3.66. The van der Waals surface area contributed by atoms with Crippen molar-refractivity contribution in [3.63, 3.8) is 0 Å². The number of rotatable bonds is 10. The number of phenolic OH excluding ortho intramolecular Hbond substituents is 2. The predicted octanol–water partition coefficient (Wildman–Crippen LogP) is 0.738. The van der Waals surface area contributed by atoms with Gasteiger partial charge in [-0.05, 0) is 47.9 Å². The second-order valence-electron chi connectivity index (χ2n) is 8.00. The maximum Gasteiger partial charge on any atom is 0.331 e. The van der Waals surface area contributed by atoms with E-state index >= 15 is 0 Å². The topological polar surface area (TPSA) is 164 Å². The van der Waals surface area contributed by atoms with Gasteiger partial charge < -0.3 is 49.2 Å². The Morgan fingerprint density at radius 2 is 1.75 bits per heavy atom. The number of benzene rings is 2. The van der Waals surface area contributed by atoms with E-state index in [-0.39, 0.29) is 23.9 Å². The van der Waals surface area contributed by atoms with Crippen LogP contribution < -0.4 is 9.47 Å². The lowest BCUT2D eigenvalue weighted by atomic mass is 9.99. The van der Waals surface area contributed by atoms with Crippen molar-refractivity contribution in [2.75, 3.05) is 27.4 Å². The van der Waals surface area contributed by atoms with Crippen LogP contribution in [0.5, 0.6) is 23.0 Å². The van der Waals surface area contributed by atoms with Crippen LogP contribution >= 0.6 is 0 Å². The number of esters is 1. The molecule has 3 rings (SSSR count). The smallest absolute Gasteiger partial charge is 0.331 e. The molecule has 36 heavy (non-hydrogen) atoms. The summed E-state index contributed by atoms with van der Waals surface area (Å²) in [7, 11) is 2.83. The molecular weight excluding hydrogens is 476 g/mol. The van der Waals surface area contributed by atoms with Crippen LogP contribution in [0, 0.1) is 0 Å². The van der Waals surface area contributed by atoms with Crippen molar-refractivity contribution in [2.24, 2.45) is 0 Å². The molecular formula is C25H30O11. The Morgan fingerprint density at radius 3 is 2.42 bits per heavy atom. The Balaban J connectivity index is 1.56. The summed E-state index contributed by atoms with van der Waals surface area (Å²) in [5.74, 6) is -0.377. The van der Waals surface area contributed by atoms with Crippen molar-refractivity contribution in [3.05, 3.63) is 53.6 Å². The minimum Gasteiger partial charge on any atom is -0.504 e. The van der Waals surface area contributed by atoms with Crippen LogP contribution in [-0.4, -0.2) is 89.6 Å².